The van der Waals surface area contributed by atoms with E-state index in [1.165, 1.54) is 68.6 Å². The van der Waals surface area contributed by atoms with Crippen molar-refractivity contribution in [1.29, 1.82) is 0 Å². The number of nitrogens with zero attached hydrogens (tertiary/aromatic N) is 2. The highest BCUT2D eigenvalue weighted by molar-refractivity contribution is 7.92. The van der Waals surface area contributed by atoms with Gasteiger partial charge >= 0.3 is 0 Å². The summed E-state index contributed by atoms with van der Waals surface area (Å²) in [7, 11) is -0.103. The quantitative estimate of drug-likeness (QED) is 0.194. The molecule has 47 heavy (non-hydrogen) atoms. The van der Waals surface area contributed by atoms with Gasteiger partial charge in [-0.2, -0.15) is 0 Å². The van der Waals surface area contributed by atoms with Gasteiger partial charge in [0.25, 0.3) is 10.0 Å². The van der Waals surface area contributed by atoms with Crippen LogP contribution in [0.3, 0.4) is 0 Å². The Labute approximate surface area is 274 Å². The standard InChI is InChI=1S/C35H38FN3O7S/c1-5-46-29-17-15-28(16-18-29)39(47(42,43)30-19-20-32(44-3)33(22-30)45-4)24-34(40)38(23-26-11-13-27(36)14-12-26)31(35(41)37-2)21-25-9-7-6-8-10-25/h6-20,22,31H,5,21,23-24H2,1-4H3,(H,37,41). The second-order valence-corrected chi connectivity index (χ2v) is 12.3. The minimum atomic E-state index is -4.39. The molecule has 0 saturated carbocycles. The van der Waals surface area contributed by atoms with Crippen LogP contribution in [-0.4, -0.2) is 65.6 Å². The first-order chi connectivity index (χ1) is 22.6. The maximum Gasteiger partial charge on any atom is 0.264 e. The zero-order valence-electron chi connectivity index (χ0n) is 26.7. The third kappa shape index (κ3) is 8.59. The van der Waals surface area contributed by atoms with Gasteiger partial charge in [-0.05, 0) is 66.6 Å². The number of halogens is 1. The van der Waals surface area contributed by atoms with E-state index in [2.05, 4.69) is 5.32 Å². The van der Waals surface area contributed by atoms with E-state index in [1.54, 1.807) is 24.3 Å². The van der Waals surface area contributed by atoms with E-state index in [9.17, 15) is 22.4 Å². The SMILES string of the molecule is CCOc1ccc(N(CC(=O)N(Cc2ccc(F)cc2)C(Cc2ccccc2)C(=O)NC)S(=O)(=O)c2ccc(OC)c(OC)c2)cc1. The Morgan fingerprint density at radius 3 is 2.11 bits per heavy atom. The Bertz CT molecular complexity index is 1750. The van der Waals surface area contributed by atoms with Gasteiger partial charge < -0.3 is 24.4 Å². The van der Waals surface area contributed by atoms with E-state index in [4.69, 9.17) is 14.2 Å². The van der Waals surface area contributed by atoms with Crippen LogP contribution in [-0.2, 0) is 32.6 Å². The number of benzene rings is 4. The fourth-order valence-corrected chi connectivity index (χ4v) is 6.45. The second-order valence-electron chi connectivity index (χ2n) is 10.4. The molecular formula is C35H38FN3O7S. The highest BCUT2D eigenvalue weighted by Gasteiger charge is 2.34. The normalized spacial score (nSPS) is 11.7. The molecule has 4 aromatic rings. The average Bonchev–Trinajstić information content (AvgIpc) is 3.09. The first-order valence-corrected chi connectivity index (χ1v) is 16.3. The van der Waals surface area contributed by atoms with Crippen molar-refractivity contribution in [3.63, 3.8) is 0 Å². The second kappa shape index (κ2) is 15.9. The lowest BCUT2D eigenvalue weighted by atomic mass is 10.0. The van der Waals surface area contributed by atoms with Gasteiger partial charge in [0.15, 0.2) is 11.5 Å². The van der Waals surface area contributed by atoms with Crippen molar-refractivity contribution < 1.29 is 36.6 Å². The number of rotatable bonds is 15. The Morgan fingerprint density at radius 2 is 1.51 bits per heavy atom. The van der Waals surface area contributed by atoms with Gasteiger partial charge in [0.1, 0.15) is 24.2 Å². The number of carbonyl (C=O) groups excluding carboxylic acids is 2. The molecule has 0 saturated heterocycles. The molecule has 2 amide bonds. The molecule has 1 unspecified atom stereocenters. The summed E-state index contributed by atoms with van der Waals surface area (Å²) in [5.41, 5.74) is 1.54. The van der Waals surface area contributed by atoms with Crippen LogP contribution in [0.25, 0.3) is 0 Å². The average molecular weight is 664 g/mol. The first-order valence-electron chi connectivity index (χ1n) is 14.9. The molecule has 0 heterocycles. The molecule has 0 aromatic heterocycles. The van der Waals surface area contributed by atoms with Gasteiger partial charge in [-0.25, -0.2) is 12.8 Å². The van der Waals surface area contributed by atoms with E-state index < -0.39 is 40.2 Å². The topological polar surface area (TPSA) is 114 Å². The zero-order chi connectivity index (χ0) is 34.0. The van der Waals surface area contributed by atoms with Gasteiger partial charge in [-0.3, -0.25) is 13.9 Å². The molecule has 10 nitrogen and oxygen atoms in total. The van der Waals surface area contributed by atoms with Crippen molar-refractivity contribution in [1.82, 2.24) is 10.2 Å². The third-order valence-electron chi connectivity index (χ3n) is 7.44. The highest BCUT2D eigenvalue weighted by Crippen LogP contribution is 2.33. The molecule has 0 bridgehead atoms. The molecule has 0 aliphatic heterocycles. The predicted molar refractivity (Wildman–Crippen MR) is 177 cm³/mol. The minimum absolute atomic E-state index is 0.0858. The lowest BCUT2D eigenvalue weighted by Crippen LogP contribution is -2.53. The van der Waals surface area contributed by atoms with Crippen molar-refractivity contribution in [2.75, 3.05) is 38.7 Å². The van der Waals surface area contributed by atoms with Crippen LogP contribution < -0.4 is 23.8 Å². The monoisotopic (exact) mass is 663 g/mol. The fraction of sp³-hybridized carbons (Fsp3) is 0.257. The molecule has 0 aliphatic carbocycles. The first kappa shape index (κ1) is 34.8. The van der Waals surface area contributed by atoms with Crippen LogP contribution in [0, 0.1) is 5.82 Å². The summed E-state index contributed by atoms with van der Waals surface area (Å²) in [6, 6.07) is 24.2. The van der Waals surface area contributed by atoms with Crippen molar-refractivity contribution >= 4 is 27.5 Å². The Kier molecular flexibility index (Phi) is 11.8. The lowest BCUT2D eigenvalue weighted by Gasteiger charge is -2.33. The Balaban J connectivity index is 1.81. The van der Waals surface area contributed by atoms with Gasteiger partial charge in [0.2, 0.25) is 11.8 Å². The van der Waals surface area contributed by atoms with Gasteiger partial charge in [-0.15, -0.1) is 0 Å². The molecule has 4 rings (SSSR count). The molecule has 1 N–H and O–H groups in total. The number of ether oxygens (including phenoxy) is 3. The van der Waals surface area contributed by atoms with E-state index in [1.807, 2.05) is 37.3 Å². The molecule has 0 aliphatic rings. The number of nitrogens with one attached hydrogen (secondary N) is 1. The summed E-state index contributed by atoms with van der Waals surface area (Å²) in [5, 5.41) is 2.63. The lowest BCUT2D eigenvalue weighted by molar-refractivity contribution is -0.139. The van der Waals surface area contributed by atoms with Crippen LogP contribution in [0.4, 0.5) is 10.1 Å². The molecule has 0 radical (unpaired) electrons. The van der Waals surface area contributed by atoms with E-state index in [-0.39, 0.29) is 29.3 Å². The van der Waals surface area contributed by atoms with Crippen LogP contribution >= 0.6 is 0 Å². The summed E-state index contributed by atoms with van der Waals surface area (Å²) in [4.78, 5) is 29.0. The Morgan fingerprint density at radius 1 is 0.851 bits per heavy atom. The molecule has 1 atom stereocenters. The number of anilines is 1. The van der Waals surface area contributed by atoms with Crippen LogP contribution in [0.1, 0.15) is 18.1 Å². The number of likely N-dealkylation sites (N-methyl/N-ethyl adjacent to an activating group) is 1. The molecular weight excluding hydrogens is 625 g/mol. The van der Waals surface area contributed by atoms with E-state index >= 15 is 0 Å². The number of carbonyl (C=O) groups is 2. The summed E-state index contributed by atoms with van der Waals surface area (Å²) in [5.74, 6) is -0.522. The summed E-state index contributed by atoms with van der Waals surface area (Å²) < 4.78 is 59.6. The Hall–Kier alpha value is -5.10. The number of hydrogen-bond acceptors (Lipinski definition) is 7. The predicted octanol–water partition coefficient (Wildman–Crippen LogP) is 4.82. The van der Waals surface area contributed by atoms with Gasteiger partial charge in [0, 0.05) is 26.1 Å². The van der Waals surface area contributed by atoms with Crippen molar-refractivity contribution in [2.45, 2.75) is 30.8 Å². The summed E-state index contributed by atoms with van der Waals surface area (Å²) in [6.07, 6.45) is 0.152. The summed E-state index contributed by atoms with van der Waals surface area (Å²) in [6.45, 7) is 1.49. The van der Waals surface area contributed by atoms with Crippen molar-refractivity contribution in [2.24, 2.45) is 0 Å². The number of hydrogen-bond donors (Lipinski definition) is 1. The number of amides is 2. The molecule has 0 spiro atoms. The van der Waals surface area contributed by atoms with E-state index in [0.29, 0.717) is 23.7 Å². The van der Waals surface area contributed by atoms with Crippen molar-refractivity contribution in [3.8, 4) is 17.2 Å². The maximum absolute atomic E-state index is 14.4. The number of methoxy groups -OCH3 is 2. The van der Waals surface area contributed by atoms with Gasteiger partial charge in [-0.1, -0.05) is 42.5 Å². The smallest absolute Gasteiger partial charge is 0.264 e. The third-order valence-corrected chi connectivity index (χ3v) is 9.21. The molecule has 0 fully saturated rings. The number of sulfonamides is 1. The maximum atomic E-state index is 14.4. The zero-order valence-corrected chi connectivity index (χ0v) is 27.5. The largest absolute Gasteiger partial charge is 0.494 e. The fourth-order valence-electron chi connectivity index (χ4n) is 5.02. The highest BCUT2D eigenvalue weighted by atomic mass is 32.2. The minimum Gasteiger partial charge on any atom is -0.494 e. The van der Waals surface area contributed by atoms with E-state index in [0.717, 1.165) is 9.87 Å². The van der Waals surface area contributed by atoms with Crippen molar-refractivity contribution in [3.05, 3.63) is 114 Å². The van der Waals surface area contributed by atoms with Crippen LogP contribution in [0.15, 0.2) is 102 Å². The van der Waals surface area contributed by atoms with Crippen LogP contribution in [0.5, 0.6) is 17.2 Å². The molecule has 12 heteroatoms. The molecule has 4 aromatic carbocycles. The summed E-state index contributed by atoms with van der Waals surface area (Å²) >= 11 is 0. The van der Waals surface area contributed by atoms with Crippen LogP contribution in [0.2, 0.25) is 0 Å². The van der Waals surface area contributed by atoms with Gasteiger partial charge in [0.05, 0.1) is 31.4 Å². The molecule has 248 valence electrons.